The predicted molar refractivity (Wildman–Crippen MR) is 138 cm³/mol. The van der Waals surface area contributed by atoms with Gasteiger partial charge in [0.25, 0.3) is 0 Å². The summed E-state index contributed by atoms with van der Waals surface area (Å²) in [5.41, 5.74) is 3.06. The number of pyridine rings is 1. The number of hydrogen-bond acceptors (Lipinski definition) is 8. The molecule has 0 radical (unpaired) electrons. The number of aryl methyl sites for hydroxylation is 1. The Labute approximate surface area is 207 Å². The van der Waals surface area contributed by atoms with Crippen molar-refractivity contribution in [3.63, 3.8) is 0 Å². The fourth-order valence-corrected chi connectivity index (χ4v) is 3.71. The van der Waals surface area contributed by atoms with E-state index in [9.17, 15) is 4.79 Å². The molecule has 3 aromatic rings. The van der Waals surface area contributed by atoms with Crippen LogP contribution in [0.1, 0.15) is 36.8 Å². The number of carbonyl (C=O) groups excluding carboxylic acids is 1. The molecule has 0 aliphatic carbocycles. The largest absolute Gasteiger partial charge is 0.493 e. The predicted octanol–water partition coefficient (Wildman–Crippen LogP) is 5.04. The highest BCUT2D eigenvalue weighted by molar-refractivity contribution is 6.08. The Balaban J connectivity index is 0.000000784. The number of aromatic nitrogens is 1. The first-order valence-electron chi connectivity index (χ1n) is 11.6. The Morgan fingerprint density at radius 1 is 0.829 bits per heavy atom. The van der Waals surface area contributed by atoms with Crippen LogP contribution in [-0.4, -0.2) is 59.1 Å². The van der Waals surface area contributed by atoms with Crippen LogP contribution in [0.25, 0.3) is 22.0 Å². The summed E-state index contributed by atoms with van der Waals surface area (Å²) in [6.45, 7) is 10.2. The van der Waals surface area contributed by atoms with Gasteiger partial charge in [0.2, 0.25) is 0 Å². The van der Waals surface area contributed by atoms with Gasteiger partial charge in [-0.05, 0) is 50.7 Å². The minimum Gasteiger partial charge on any atom is -0.493 e. The van der Waals surface area contributed by atoms with Gasteiger partial charge in [-0.15, -0.1) is 0 Å². The second-order valence-corrected chi connectivity index (χ2v) is 7.42. The Kier molecular flexibility index (Phi) is 10.6. The van der Waals surface area contributed by atoms with E-state index in [0.717, 1.165) is 24.0 Å². The maximum absolute atomic E-state index is 12.9. The molecule has 8 heteroatoms. The normalized spacial score (nSPS) is 10.3. The van der Waals surface area contributed by atoms with Crippen molar-refractivity contribution in [1.29, 1.82) is 0 Å². The van der Waals surface area contributed by atoms with Crippen LogP contribution in [0.2, 0.25) is 0 Å². The second kappa shape index (κ2) is 13.4. The number of nitrogens with one attached hydrogen (secondary N) is 1. The Bertz CT molecular complexity index is 1140. The van der Waals surface area contributed by atoms with Crippen LogP contribution in [0.4, 0.5) is 0 Å². The first kappa shape index (κ1) is 27.7. The van der Waals surface area contributed by atoms with Gasteiger partial charge in [0, 0.05) is 17.0 Å². The van der Waals surface area contributed by atoms with Gasteiger partial charge in [-0.25, -0.2) is 4.79 Å². The first-order valence-corrected chi connectivity index (χ1v) is 11.6. The average Bonchev–Trinajstić information content (AvgIpc) is 2.87. The minimum absolute atomic E-state index is 0.258. The van der Waals surface area contributed by atoms with E-state index in [1.807, 2.05) is 18.2 Å². The standard InChI is InChI=1S/C23H25NO6.C4H11N/c1-7-30-23(25)21-13(2)24-16-12-20(29-6)19(28-5)11-15(16)22(21)14-8-9-17(26-3)18(10-14)27-4;1-3-5-4-2/h8-12H,7H2,1-6H3;5H,3-4H2,1-2H3. The van der Waals surface area contributed by atoms with Crippen molar-refractivity contribution >= 4 is 16.9 Å². The summed E-state index contributed by atoms with van der Waals surface area (Å²) in [4.78, 5) is 17.5. The fourth-order valence-electron chi connectivity index (χ4n) is 3.71. The van der Waals surface area contributed by atoms with E-state index in [0.29, 0.717) is 45.3 Å². The summed E-state index contributed by atoms with van der Waals surface area (Å²) >= 11 is 0. The van der Waals surface area contributed by atoms with E-state index in [2.05, 4.69) is 24.1 Å². The van der Waals surface area contributed by atoms with Crippen molar-refractivity contribution in [2.75, 3.05) is 48.1 Å². The van der Waals surface area contributed by atoms with Crippen molar-refractivity contribution in [2.24, 2.45) is 0 Å². The molecule has 8 nitrogen and oxygen atoms in total. The summed E-state index contributed by atoms with van der Waals surface area (Å²) in [5.74, 6) is 1.79. The van der Waals surface area contributed by atoms with Gasteiger partial charge in [0.15, 0.2) is 23.0 Å². The number of nitrogens with zero attached hydrogens (tertiary/aromatic N) is 1. The lowest BCUT2D eigenvalue weighted by Crippen LogP contribution is -2.11. The quantitative estimate of drug-likeness (QED) is 0.423. The van der Waals surface area contributed by atoms with Crippen LogP contribution in [0.5, 0.6) is 23.0 Å². The molecule has 0 fully saturated rings. The smallest absolute Gasteiger partial charge is 0.340 e. The van der Waals surface area contributed by atoms with Gasteiger partial charge in [-0.3, -0.25) is 4.98 Å². The van der Waals surface area contributed by atoms with Crippen LogP contribution in [0, 0.1) is 6.92 Å². The van der Waals surface area contributed by atoms with E-state index in [1.165, 1.54) is 0 Å². The van der Waals surface area contributed by atoms with Crippen molar-refractivity contribution in [3.8, 4) is 34.1 Å². The molecular weight excluding hydrogens is 448 g/mol. The number of fused-ring (bicyclic) bond motifs is 1. The third-order valence-corrected chi connectivity index (χ3v) is 5.32. The van der Waals surface area contributed by atoms with E-state index in [1.54, 1.807) is 54.4 Å². The molecular formula is C27H36N2O6. The van der Waals surface area contributed by atoms with Gasteiger partial charge in [-0.2, -0.15) is 0 Å². The van der Waals surface area contributed by atoms with Gasteiger partial charge in [0.1, 0.15) is 0 Å². The molecule has 190 valence electrons. The lowest BCUT2D eigenvalue weighted by Gasteiger charge is -2.18. The molecule has 0 unspecified atom stereocenters. The molecule has 0 saturated heterocycles. The highest BCUT2D eigenvalue weighted by atomic mass is 16.5. The van der Waals surface area contributed by atoms with Gasteiger partial charge < -0.3 is 29.0 Å². The second-order valence-electron chi connectivity index (χ2n) is 7.42. The molecule has 3 rings (SSSR count). The number of esters is 1. The topological polar surface area (TPSA) is 88.1 Å². The van der Waals surface area contributed by atoms with Crippen LogP contribution < -0.4 is 24.3 Å². The summed E-state index contributed by atoms with van der Waals surface area (Å²) in [5, 5.41) is 3.84. The van der Waals surface area contributed by atoms with Gasteiger partial charge in [0.05, 0.1) is 51.8 Å². The maximum atomic E-state index is 12.9. The highest BCUT2D eigenvalue weighted by Crippen LogP contribution is 2.41. The van der Waals surface area contributed by atoms with Crippen LogP contribution >= 0.6 is 0 Å². The average molecular weight is 485 g/mol. The van der Waals surface area contributed by atoms with Crippen LogP contribution in [0.3, 0.4) is 0 Å². The molecule has 1 N–H and O–H groups in total. The zero-order chi connectivity index (χ0) is 26.0. The van der Waals surface area contributed by atoms with Crippen molar-refractivity contribution in [3.05, 3.63) is 41.6 Å². The lowest BCUT2D eigenvalue weighted by atomic mass is 9.93. The molecule has 0 atom stereocenters. The van der Waals surface area contributed by atoms with Crippen molar-refractivity contribution in [1.82, 2.24) is 10.3 Å². The number of ether oxygens (including phenoxy) is 5. The summed E-state index contributed by atoms with van der Waals surface area (Å²) in [6.07, 6.45) is 0. The molecule has 1 heterocycles. The molecule has 0 aliphatic rings. The summed E-state index contributed by atoms with van der Waals surface area (Å²) < 4.78 is 27.1. The molecule has 35 heavy (non-hydrogen) atoms. The first-order chi connectivity index (χ1) is 16.9. The van der Waals surface area contributed by atoms with Crippen LogP contribution in [-0.2, 0) is 4.74 Å². The van der Waals surface area contributed by atoms with E-state index >= 15 is 0 Å². The third kappa shape index (κ3) is 6.33. The monoisotopic (exact) mass is 484 g/mol. The number of rotatable bonds is 9. The minimum atomic E-state index is -0.441. The number of hydrogen-bond donors (Lipinski definition) is 1. The number of benzene rings is 2. The number of carbonyl (C=O) groups is 1. The van der Waals surface area contributed by atoms with E-state index in [-0.39, 0.29) is 6.61 Å². The van der Waals surface area contributed by atoms with Crippen molar-refractivity contribution in [2.45, 2.75) is 27.7 Å². The SMILES string of the molecule is CCNCC.CCOC(=O)c1c(C)nc2cc(OC)c(OC)cc2c1-c1ccc(OC)c(OC)c1. The molecule has 0 bridgehead atoms. The molecule has 1 aromatic heterocycles. The Hall–Kier alpha value is -3.52. The Morgan fingerprint density at radius 3 is 1.91 bits per heavy atom. The van der Waals surface area contributed by atoms with Crippen molar-refractivity contribution < 1.29 is 28.5 Å². The Morgan fingerprint density at radius 2 is 1.40 bits per heavy atom. The van der Waals surface area contributed by atoms with Gasteiger partial charge in [-0.1, -0.05) is 19.9 Å². The molecule has 0 spiro atoms. The van der Waals surface area contributed by atoms with E-state index < -0.39 is 5.97 Å². The maximum Gasteiger partial charge on any atom is 0.340 e. The zero-order valence-electron chi connectivity index (χ0n) is 21.9. The molecule has 0 saturated carbocycles. The van der Waals surface area contributed by atoms with Gasteiger partial charge >= 0.3 is 5.97 Å². The number of methoxy groups -OCH3 is 4. The molecule has 0 aliphatic heterocycles. The zero-order valence-corrected chi connectivity index (χ0v) is 21.9. The van der Waals surface area contributed by atoms with E-state index in [4.69, 9.17) is 23.7 Å². The molecule has 2 aromatic carbocycles. The fraction of sp³-hybridized carbons (Fsp3) is 0.407. The third-order valence-electron chi connectivity index (χ3n) is 5.32. The van der Waals surface area contributed by atoms with Crippen LogP contribution in [0.15, 0.2) is 30.3 Å². The highest BCUT2D eigenvalue weighted by Gasteiger charge is 2.24. The summed E-state index contributed by atoms with van der Waals surface area (Å²) in [7, 11) is 6.27. The molecule has 0 amide bonds. The summed E-state index contributed by atoms with van der Waals surface area (Å²) in [6, 6.07) is 9.10. The lowest BCUT2D eigenvalue weighted by molar-refractivity contribution is 0.0526.